The van der Waals surface area contributed by atoms with Crippen molar-refractivity contribution in [3.63, 3.8) is 0 Å². The molecular formula is C37H48N4O20. The van der Waals surface area contributed by atoms with Crippen molar-refractivity contribution >= 4 is 70.9 Å². The molecule has 0 saturated carbocycles. The molecule has 0 bridgehead atoms. The van der Waals surface area contributed by atoms with E-state index in [2.05, 4.69) is 0 Å². The first-order valence-electron chi connectivity index (χ1n) is 19.5. The number of carbonyl (C=O) groups excluding carboxylic acids is 12. The van der Waals surface area contributed by atoms with Crippen LogP contribution >= 0.6 is 0 Å². The first-order chi connectivity index (χ1) is 29.2. The highest BCUT2D eigenvalue weighted by Gasteiger charge is 2.37. The van der Waals surface area contributed by atoms with Gasteiger partial charge >= 0.3 is 0 Å². The standard InChI is InChI=1S/C37H48N4O20/c1-23(59-15-12-56-20-34(51)39-27(44)4-5-28(39)45)37(61-17-14-58-22-36(53)41-31(48)8-9-32(41)49)24(60-16-13-57-21-35(52)40-29(46)6-7-30(40)47)18-54-10-11-55-19-33(50)38-25(42)2-3-26(38)43/h23-24,37H,2-22H2,1H3. The van der Waals surface area contributed by atoms with Crippen LogP contribution in [0, 0.1) is 0 Å². The van der Waals surface area contributed by atoms with E-state index in [-0.39, 0.29) is 111 Å². The normalized spacial score (nSPS) is 18.6. The van der Waals surface area contributed by atoms with Gasteiger partial charge in [-0.25, -0.2) is 19.6 Å². The number of nitrogens with zero attached hydrogens (tertiary/aromatic N) is 4. The second-order valence-electron chi connectivity index (χ2n) is 13.7. The lowest BCUT2D eigenvalue weighted by molar-refractivity contribution is -0.168. The Balaban J connectivity index is 1.34. The maximum Gasteiger partial charge on any atom is 0.262 e. The van der Waals surface area contributed by atoms with Crippen molar-refractivity contribution < 1.29 is 95.4 Å². The molecule has 336 valence electrons. The van der Waals surface area contributed by atoms with Crippen molar-refractivity contribution in [1.29, 1.82) is 0 Å². The molecule has 4 saturated heterocycles. The van der Waals surface area contributed by atoms with Gasteiger partial charge < -0.3 is 37.9 Å². The molecule has 0 aromatic rings. The molecule has 12 amide bonds. The van der Waals surface area contributed by atoms with Crippen LogP contribution in [-0.4, -0.2) is 195 Å². The molecular weight excluding hydrogens is 820 g/mol. The van der Waals surface area contributed by atoms with Crippen LogP contribution in [0.25, 0.3) is 0 Å². The zero-order valence-corrected chi connectivity index (χ0v) is 33.5. The Morgan fingerprint density at radius 1 is 0.393 bits per heavy atom. The topological polar surface area (TPSA) is 292 Å². The average Bonchev–Trinajstić information content (AvgIpc) is 3.96. The summed E-state index contributed by atoms with van der Waals surface area (Å²) in [4.78, 5) is 147. The summed E-state index contributed by atoms with van der Waals surface area (Å²) in [5.41, 5.74) is 0. The van der Waals surface area contributed by atoms with Crippen LogP contribution in [-0.2, 0) is 95.4 Å². The second-order valence-corrected chi connectivity index (χ2v) is 13.7. The molecule has 4 fully saturated rings. The van der Waals surface area contributed by atoms with E-state index in [0.717, 1.165) is 0 Å². The van der Waals surface area contributed by atoms with Crippen molar-refractivity contribution in [2.75, 3.05) is 85.9 Å². The van der Waals surface area contributed by atoms with Gasteiger partial charge in [-0.05, 0) is 6.92 Å². The first-order valence-corrected chi connectivity index (χ1v) is 19.5. The summed E-state index contributed by atoms with van der Waals surface area (Å²) >= 11 is 0. The summed E-state index contributed by atoms with van der Waals surface area (Å²) in [5.74, 6) is -8.32. The predicted octanol–water partition coefficient (Wildman–Crippen LogP) is -3.05. The number of imide groups is 12. The van der Waals surface area contributed by atoms with E-state index < -0.39 is 116 Å². The number of hydrogen-bond donors (Lipinski definition) is 0. The van der Waals surface area contributed by atoms with Gasteiger partial charge in [0.15, 0.2) is 0 Å². The van der Waals surface area contributed by atoms with E-state index in [1.807, 2.05) is 0 Å². The molecule has 4 aliphatic rings. The maximum absolute atomic E-state index is 12.4. The molecule has 4 aliphatic heterocycles. The van der Waals surface area contributed by atoms with E-state index in [0.29, 0.717) is 19.6 Å². The highest BCUT2D eigenvalue weighted by atomic mass is 16.6. The van der Waals surface area contributed by atoms with Gasteiger partial charge in [-0.3, -0.25) is 57.5 Å². The van der Waals surface area contributed by atoms with Crippen molar-refractivity contribution in [2.24, 2.45) is 0 Å². The van der Waals surface area contributed by atoms with Crippen molar-refractivity contribution in [2.45, 2.75) is 76.6 Å². The minimum atomic E-state index is -1.02. The Kier molecular flexibility index (Phi) is 19.4. The SMILES string of the molecule is CC(OCCOCC(=O)N1C(=O)CCC1=O)C(OCCOCC(=O)N1C(=O)CCC1=O)C(COCCOCC(=O)N1C(=O)CCC1=O)OCCOCC(=O)N1C(=O)CCC1=O. The molecule has 0 aromatic heterocycles. The van der Waals surface area contributed by atoms with Crippen LogP contribution in [0.5, 0.6) is 0 Å². The Morgan fingerprint density at radius 2 is 0.656 bits per heavy atom. The fraction of sp³-hybridized carbons (Fsp3) is 0.676. The predicted molar refractivity (Wildman–Crippen MR) is 193 cm³/mol. The van der Waals surface area contributed by atoms with Gasteiger partial charge in [-0.1, -0.05) is 0 Å². The highest BCUT2D eigenvalue weighted by molar-refractivity contribution is 6.17. The average molecular weight is 869 g/mol. The maximum atomic E-state index is 12.4. The monoisotopic (exact) mass is 868 g/mol. The molecule has 0 aliphatic carbocycles. The molecule has 0 radical (unpaired) electrons. The minimum absolute atomic E-state index is 0.0692. The summed E-state index contributed by atoms with van der Waals surface area (Å²) in [6.45, 7) is -2.33. The van der Waals surface area contributed by atoms with Crippen LogP contribution in [0.4, 0.5) is 0 Å². The van der Waals surface area contributed by atoms with Gasteiger partial charge in [0.1, 0.15) is 38.6 Å². The van der Waals surface area contributed by atoms with Crippen LogP contribution < -0.4 is 0 Å². The highest BCUT2D eigenvalue weighted by Crippen LogP contribution is 2.17. The second kappa shape index (κ2) is 24.4. The minimum Gasteiger partial charge on any atom is -0.376 e. The summed E-state index contributed by atoms with van der Waals surface area (Å²) < 4.78 is 45.1. The van der Waals surface area contributed by atoms with Gasteiger partial charge in [-0.2, -0.15) is 0 Å². The third-order valence-electron chi connectivity index (χ3n) is 9.30. The zero-order valence-electron chi connectivity index (χ0n) is 33.5. The Bertz CT molecular complexity index is 1650. The number of carbonyl (C=O) groups is 12. The van der Waals surface area contributed by atoms with Crippen LogP contribution in [0.1, 0.15) is 58.3 Å². The molecule has 4 heterocycles. The number of amides is 12. The number of rotatable bonds is 27. The Labute approximate surface area is 348 Å². The molecule has 0 spiro atoms. The molecule has 3 atom stereocenters. The number of ether oxygens (including phenoxy) is 8. The van der Waals surface area contributed by atoms with Gasteiger partial charge in [0, 0.05) is 51.4 Å². The van der Waals surface area contributed by atoms with E-state index in [1.54, 1.807) is 6.92 Å². The summed E-state index contributed by atoms with van der Waals surface area (Å²) in [6.07, 6.45) is -3.48. The third kappa shape index (κ3) is 14.2. The Morgan fingerprint density at radius 3 is 0.984 bits per heavy atom. The largest absolute Gasteiger partial charge is 0.376 e. The lowest BCUT2D eigenvalue weighted by Gasteiger charge is -2.32. The fourth-order valence-corrected chi connectivity index (χ4v) is 6.30. The fourth-order valence-electron chi connectivity index (χ4n) is 6.30. The Hall–Kier alpha value is -5.08. The first kappa shape index (κ1) is 48.6. The summed E-state index contributed by atoms with van der Waals surface area (Å²) in [5, 5.41) is 0. The van der Waals surface area contributed by atoms with E-state index in [1.165, 1.54) is 0 Å². The van der Waals surface area contributed by atoms with Gasteiger partial charge in [0.25, 0.3) is 23.6 Å². The van der Waals surface area contributed by atoms with E-state index in [9.17, 15) is 57.5 Å². The van der Waals surface area contributed by atoms with Crippen LogP contribution in [0.3, 0.4) is 0 Å². The van der Waals surface area contributed by atoms with Gasteiger partial charge in [-0.15, -0.1) is 0 Å². The summed E-state index contributed by atoms with van der Waals surface area (Å²) in [7, 11) is 0. The van der Waals surface area contributed by atoms with Gasteiger partial charge in [0.05, 0.1) is 65.6 Å². The van der Waals surface area contributed by atoms with Crippen LogP contribution in [0.15, 0.2) is 0 Å². The molecule has 0 aromatic carbocycles. The molecule has 4 rings (SSSR count). The molecule has 0 N–H and O–H groups in total. The van der Waals surface area contributed by atoms with Gasteiger partial charge in [0.2, 0.25) is 47.3 Å². The smallest absolute Gasteiger partial charge is 0.262 e. The summed E-state index contributed by atoms with van der Waals surface area (Å²) in [6, 6.07) is 0. The number of likely N-dealkylation sites (tertiary alicyclic amines) is 4. The van der Waals surface area contributed by atoms with Crippen molar-refractivity contribution in [3.05, 3.63) is 0 Å². The number of hydrogen-bond acceptors (Lipinski definition) is 20. The lowest BCUT2D eigenvalue weighted by Crippen LogP contribution is -2.45. The molecule has 61 heavy (non-hydrogen) atoms. The third-order valence-corrected chi connectivity index (χ3v) is 9.30. The van der Waals surface area contributed by atoms with Crippen LogP contribution in [0.2, 0.25) is 0 Å². The lowest BCUT2D eigenvalue weighted by atomic mass is 10.1. The quantitative estimate of drug-likeness (QED) is 0.0585. The van der Waals surface area contributed by atoms with E-state index >= 15 is 0 Å². The molecule has 24 nitrogen and oxygen atoms in total. The van der Waals surface area contributed by atoms with E-state index in [4.69, 9.17) is 37.9 Å². The molecule has 3 unspecified atom stereocenters. The zero-order chi connectivity index (χ0) is 44.5. The molecule has 24 heteroatoms. The van der Waals surface area contributed by atoms with Crippen molar-refractivity contribution in [1.82, 2.24) is 19.6 Å². The van der Waals surface area contributed by atoms with Crippen molar-refractivity contribution in [3.8, 4) is 0 Å².